The van der Waals surface area contributed by atoms with Crippen molar-refractivity contribution < 1.29 is 4.21 Å². The van der Waals surface area contributed by atoms with Crippen molar-refractivity contribution in [3.63, 3.8) is 0 Å². The minimum Gasteiger partial charge on any atom is -0.356 e. The van der Waals surface area contributed by atoms with Gasteiger partial charge in [-0.25, -0.2) is 4.98 Å². The van der Waals surface area contributed by atoms with Gasteiger partial charge in [0, 0.05) is 41.1 Å². The van der Waals surface area contributed by atoms with Crippen molar-refractivity contribution in [2.24, 2.45) is 0 Å². The largest absolute Gasteiger partial charge is 0.356 e. The molecular weight excluding hydrogens is 246 g/mol. The third-order valence-electron chi connectivity index (χ3n) is 3.42. The van der Waals surface area contributed by atoms with E-state index in [0.717, 1.165) is 42.5 Å². The average Bonchev–Trinajstić information content (AvgIpc) is 2.72. The molecule has 1 N–H and O–H groups in total. The van der Waals surface area contributed by atoms with Crippen LogP contribution in [-0.2, 0) is 10.8 Å². The molecule has 1 fully saturated rings. The molecule has 2 rings (SSSR count). The molecular formula is C13H23N3OS. The molecule has 102 valence electrons. The fourth-order valence-corrected chi connectivity index (χ4v) is 3.64. The van der Waals surface area contributed by atoms with E-state index < -0.39 is 10.8 Å². The van der Waals surface area contributed by atoms with E-state index in [1.165, 1.54) is 12.8 Å². The van der Waals surface area contributed by atoms with Crippen molar-refractivity contribution in [2.45, 2.75) is 45.6 Å². The molecule has 0 spiro atoms. The van der Waals surface area contributed by atoms with Crippen LogP contribution in [0, 0.1) is 6.92 Å². The molecule has 0 unspecified atom stereocenters. The van der Waals surface area contributed by atoms with Gasteiger partial charge in [0.25, 0.3) is 0 Å². The van der Waals surface area contributed by atoms with Gasteiger partial charge >= 0.3 is 0 Å². The number of imidazole rings is 1. The topological polar surface area (TPSA) is 46.9 Å². The van der Waals surface area contributed by atoms with Gasteiger partial charge in [0.1, 0.15) is 0 Å². The van der Waals surface area contributed by atoms with Crippen LogP contribution in [0.15, 0.2) is 6.20 Å². The lowest BCUT2D eigenvalue weighted by Gasteiger charge is -2.24. The summed E-state index contributed by atoms with van der Waals surface area (Å²) in [7, 11) is -0.595. The second kappa shape index (κ2) is 6.36. The summed E-state index contributed by atoms with van der Waals surface area (Å²) in [4.78, 5) is 4.55. The fourth-order valence-electron chi connectivity index (χ4n) is 2.36. The molecule has 0 atom stereocenters. The number of aromatic nitrogens is 2. The van der Waals surface area contributed by atoms with Crippen molar-refractivity contribution in [1.29, 1.82) is 0 Å². The molecule has 1 aliphatic rings. The number of nitrogens with zero attached hydrogens (tertiary/aromatic N) is 2. The molecule has 5 heteroatoms. The first-order chi connectivity index (χ1) is 8.70. The van der Waals surface area contributed by atoms with Crippen LogP contribution in [0.2, 0.25) is 0 Å². The molecule has 0 saturated carbocycles. The molecule has 0 amide bonds. The van der Waals surface area contributed by atoms with Gasteiger partial charge in [0.15, 0.2) is 0 Å². The SMILES string of the molecule is CCCCNc1nc(C)cn1C1CCS(=O)CC1. The minimum atomic E-state index is -0.595. The van der Waals surface area contributed by atoms with Crippen molar-refractivity contribution in [2.75, 3.05) is 23.4 Å². The second-order valence-electron chi connectivity index (χ2n) is 4.97. The second-order valence-corrected chi connectivity index (χ2v) is 6.67. The van der Waals surface area contributed by atoms with Gasteiger partial charge in [-0.3, -0.25) is 4.21 Å². The molecule has 2 heterocycles. The number of unbranched alkanes of at least 4 members (excludes halogenated alkanes) is 1. The predicted molar refractivity (Wildman–Crippen MR) is 76.5 cm³/mol. The maximum Gasteiger partial charge on any atom is 0.203 e. The molecule has 18 heavy (non-hydrogen) atoms. The predicted octanol–water partition coefficient (Wildman–Crippen LogP) is 2.49. The van der Waals surface area contributed by atoms with E-state index in [2.05, 4.69) is 28.0 Å². The van der Waals surface area contributed by atoms with E-state index in [1.54, 1.807) is 0 Å². The van der Waals surface area contributed by atoms with Gasteiger partial charge in [-0.2, -0.15) is 0 Å². The van der Waals surface area contributed by atoms with Crippen LogP contribution in [0.25, 0.3) is 0 Å². The van der Waals surface area contributed by atoms with Crippen LogP contribution in [0.3, 0.4) is 0 Å². The van der Waals surface area contributed by atoms with Gasteiger partial charge in [-0.15, -0.1) is 0 Å². The van der Waals surface area contributed by atoms with Gasteiger partial charge < -0.3 is 9.88 Å². The molecule has 0 aromatic carbocycles. The fraction of sp³-hybridized carbons (Fsp3) is 0.769. The van der Waals surface area contributed by atoms with Gasteiger partial charge in [0.05, 0.1) is 5.69 Å². The Kier molecular flexibility index (Phi) is 4.80. The van der Waals surface area contributed by atoms with E-state index in [-0.39, 0.29) is 0 Å². The Morgan fingerprint density at radius 3 is 2.89 bits per heavy atom. The molecule has 0 bridgehead atoms. The van der Waals surface area contributed by atoms with Crippen LogP contribution in [0.1, 0.15) is 44.3 Å². The Morgan fingerprint density at radius 2 is 2.22 bits per heavy atom. The summed E-state index contributed by atoms with van der Waals surface area (Å²) in [5.74, 6) is 2.64. The van der Waals surface area contributed by atoms with Crippen molar-refractivity contribution in [1.82, 2.24) is 9.55 Å². The number of hydrogen-bond donors (Lipinski definition) is 1. The summed E-state index contributed by atoms with van der Waals surface area (Å²) in [6.07, 6.45) is 6.48. The van der Waals surface area contributed by atoms with Crippen molar-refractivity contribution >= 4 is 16.7 Å². The third-order valence-corrected chi connectivity index (χ3v) is 4.80. The van der Waals surface area contributed by atoms with Crippen molar-refractivity contribution in [3.8, 4) is 0 Å². The summed E-state index contributed by atoms with van der Waals surface area (Å²) < 4.78 is 13.7. The number of aryl methyl sites for hydroxylation is 1. The highest BCUT2D eigenvalue weighted by Gasteiger charge is 2.21. The summed E-state index contributed by atoms with van der Waals surface area (Å²) >= 11 is 0. The summed E-state index contributed by atoms with van der Waals surface area (Å²) in [5.41, 5.74) is 1.06. The normalized spacial score (nSPS) is 24.1. The average molecular weight is 269 g/mol. The smallest absolute Gasteiger partial charge is 0.203 e. The van der Waals surface area contributed by atoms with Crippen LogP contribution in [0.5, 0.6) is 0 Å². The van der Waals surface area contributed by atoms with E-state index in [9.17, 15) is 4.21 Å². The maximum atomic E-state index is 11.4. The van der Waals surface area contributed by atoms with Gasteiger partial charge in [0.2, 0.25) is 5.95 Å². The summed E-state index contributed by atoms with van der Waals surface area (Å²) in [6.45, 7) is 5.20. The Balaban J connectivity index is 2.04. The van der Waals surface area contributed by atoms with Crippen LogP contribution < -0.4 is 5.32 Å². The minimum absolute atomic E-state index is 0.466. The zero-order chi connectivity index (χ0) is 13.0. The van der Waals surface area contributed by atoms with E-state index in [0.29, 0.717) is 6.04 Å². The van der Waals surface area contributed by atoms with Crippen LogP contribution in [0.4, 0.5) is 5.95 Å². The first-order valence-corrected chi connectivity index (χ1v) is 8.34. The first kappa shape index (κ1) is 13.6. The lowest BCUT2D eigenvalue weighted by Crippen LogP contribution is -2.22. The number of anilines is 1. The molecule has 1 saturated heterocycles. The molecule has 0 aliphatic carbocycles. The van der Waals surface area contributed by atoms with E-state index in [4.69, 9.17) is 0 Å². The molecule has 1 aliphatic heterocycles. The quantitative estimate of drug-likeness (QED) is 0.835. The standard InChI is InChI=1S/C13H23N3OS/c1-3-4-7-14-13-15-11(2)10-16(13)12-5-8-18(17)9-6-12/h10,12H,3-9H2,1-2H3,(H,14,15). The number of hydrogen-bond acceptors (Lipinski definition) is 3. The lowest BCUT2D eigenvalue weighted by molar-refractivity contribution is 0.465. The van der Waals surface area contributed by atoms with E-state index in [1.807, 2.05) is 6.92 Å². The third kappa shape index (κ3) is 3.34. The zero-order valence-electron chi connectivity index (χ0n) is 11.3. The maximum absolute atomic E-state index is 11.4. The first-order valence-electron chi connectivity index (χ1n) is 6.85. The van der Waals surface area contributed by atoms with Crippen LogP contribution in [-0.4, -0.2) is 31.8 Å². The Morgan fingerprint density at radius 1 is 1.50 bits per heavy atom. The highest BCUT2D eigenvalue weighted by Crippen LogP contribution is 2.26. The lowest BCUT2D eigenvalue weighted by atomic mass is 10.1. The van der Waals surface area contributed by atoms with Crippen LogP contribution >= 0.6 is 0 Å². The Hall–Kier alpha value is -0.840. The summed E-state index contributed by atoms with van der Waals surface area (Å²) in [5, 5.41) is 3.42. The number of nitrogens with one attached hydrogen (secondary N) is 1. The summed E-state index contributed by atoms with van der Waals surface area (Å²) in [6, 6.07) is 0.466. The Bertz CT molecular complexity index is 406. The highest BCUT2D eigenvalue weighted by molar-refractivity contribution is 7.85. The van der Waals surface area contributed by atoms with E-state index >= 15 is 0 Å². The van der Waals surface area contributed by atoms with Gasteiger partial charge in [-0.05, 0) is 26.2 Å². The molecule has 4 nitrogen and oxygen atoms in total. The molecule has 1 aromatic rings. The highest BCUT2D eigenvalue weighted by atomic mass is 32.2. The zero-order valence-corrected chi connectivity index (χ0v) is 12.1. The van der Waals surface area contributed by atoms with Crippen molar-refractivity contribution in [3.05, 3.63) is 11.9 Å². The van der Waals surface area contributed by atoms with Gasteiger partial charge in [-0.1, -0.05) is 13.3 Å². The molecule has 0 radical (unpaired) electrons. The number of rotatable bonds is 5. The molecule has 1 aromatic heterocycles. The Labute approximate surface area is 112 Å². The monoisotopic (exact) mass is 269 g/mol.